The number of nitrogens with zero attached hydrogens (tertiary/aromatic N) is 5. The first kappa shape index (κ1) is 21.7. The van der Waals surface area contributed by atoms with Crippen molar-refractivity contribution in [1.82, 2.24) is 19.7 Å². The molecule has 0 radical (unpaired) electrons. The predicted octanol–water partition coefficient (Wildman–Crippen LogP) is 1.69. The molecule has 168 valence electrons. The third-order valence-corrected chi connectivity index (χ3v) is 5.39. The van der Waals surface area contributed by atoms with Crippen molar-refractivity contribution in [3.8, 4) is 5.95 Å². The lowest BCUT2D eigenvalue weighted by Crippen LogP contribution is -2.37. The lowest BCUT2D eigenvalue weighted by atomic mass is 10.3. The number of nitrogens with one attached hydrogen (secondary N) is 2. The van der Waals surface area contributed by atoms with E-state index >= 15 is 0 Å². The number of benzene rings is 1. The number of anilines is 3. The lowest BCUT2D eigenvalue weighted by molar-refractivity contribution is 0.122. The number of hydrogen-bond acceptors (Lipinski definition) is 8. The van der Waals surface area contributed by atoms with E-state index in [4.69, 9.17) is 4.74 Å². The highest BCUT2D eigenvalue weighted by molar-refractivity contribution is 7.89. The number of rotatable bonds is 6. The number of amides is 2. The molecule has 4 rings (SSSR count). The zero-order chi connectivity index (χ0) is 22.6. The molecule has 1 aliphatic heterocycles. The Morgan fingerprint density at radius 1 is 1.09 bits per heavy atom. The predicted molar refractivity (Wildman–Crippen MR) is 120 cm³/mol. The minimum absolute atomic E-state index is 0.212. The largest absolute Gasteiger partial charge is 0.378 e. The van der Waals surface area contributed by atoms with Crippen LogP contribution in [0.3, 0.4) is 0 Å². The van der Waals surface area contributed by atoms with Gasteiger partial charge in [0.1, 0.15) is 5.82 Å². The summed E-state index contributed by atoms with van der Waals surface area (Å²) in [7, 11) is -3.29. The Labute approximate surface area is 185 Å². The number of aromatic nitrogens is 4. The molecule has 12 heteroatoms. The van der Waals surface area contributed by atoms with Crippen molar-refractivity contribution < 1.29 is 17.9 Å². The van der Waals surface area contributed by atoms with E-state index in [1.165, 1.54) is 4.68 Å². The second-order valence-electron chi connectivity index (χ2n) is 7.28. The zero-order valence-electron chi connectivity index (χ0n) is 17.4. The van der Waals surface area contributed by atoms with Crippen molar-refractivity contribution >= 4 is 33.2 Å². The van der Waals surface area contributed by atoms with Crippen molar-refractivity contribution in [2.45, 2.75) is 5.75 Å². The lowest BCUT2D eigenvalue weighted by Gasteiger charge is -2.28. The molecule has 0 aliphatic carbocycles. The first-order valence-corrected chi connectivity index (χ1v) is 12.0. The SMILES string of the molecule is CS(=O)(=O)Cc1cc(N2CCOCC2)nc(-n2ccc(NC(=O)Nc3ccccc3)n2)n1. The molecule has 1 aliphatic rings. The Balaban J connectivity index is 1.56. The fourth-order valence-electron chi connectivity index (χ4n) is 3.17. The van der Waals surface area contributed by atoms with Gasteiger partial charge in [-0.2, -0.15) is 4.98 Å². The second-order valence-corrected chi connectivity index (χ2v) is 9.42. The number of morpholine rings is 1. The number of carbonyl (C=O) groups is 1. The number of sulfone groups is 1. The highest BCUT2D eigenvalue weighted by Crippen LogP contribution is 2.18. The molecule has 0 spiro atoms. The van der Waals surface area contributed by atoms with Crippen molar-refractivity contribution in [3.63, 3.8) is 0 Å². The molecule has 0 atom stereocenters. The number of carbonyl (C=O) groups excluding carboxylic acids is 1. The first-order chi connectivity index (χ1) is 15.4. The molecule has 0 saturated carbocycles. The molecule has 2 N–H and O–H groups in total. The zero-order valence-corrected chi connectivity index (χ0v) is 18.2. The van der Waals surface area contributed by atoms with Gasteiger partial charge in [0, 0.05) is 43.4 Å². The normalized spacial score (nSPS) is 14.2. The van der Waals surface area contributed by atoms with E-state index in [1.54, 1.807) is 30.5 Å². The smallest absolute Gasteiger partial charge is 0.324 e. The van der Waals surface area contributed by atoms with Gasteiger partial charge < -0.3 is 15.0 Å². The molecule has 3 aromatic rings. The first-order valence-electron chi connectivity index (χ1n) is 9.93. The Hall–Kier alpha value is -3.51. The maximum atomic E-state index is 12.2. The van der Waals surface area contributed by atoms with E-state index in [2.05, 4.69) is 25.7 Å². The Morgan fingerprint density at radius 2 is 1.84 bits per heavy atom. The van der Waals surface area contributed by atoms with Gasteiger partial charge in [0.25, 0.3) is 5.95 Å². The van der Waals surface area contributed by atoms with Gasteiger partial charge in [0.2, 0.25) is 0 Å². The average Bonchev–Trinajstić information content (AvgIpc) is 3.22. The van der Waals surface area contributed by atoms with Crippen LogP contribution < -0.4 is 15.5 Å². The molecule has 32 heavy (non-hydrogen) atoms. The van der Waals surface area contributed by atoms with Gasteiger partial charge in [0.15, 0.2) is 15.7 Å². The molecular formula is C20H23N7O4S. The summed E-state index contributed by atoms with van der Waals surface area (Å²) in [6, 6.07) is 11.9. The van der Waals surface area contributed by atoms with Gasteiger partial charge in [-0.25, -0.2) is 22.9 Å². The number of para-hydroxylation sites is 1. The van der Waals surface area contributed by atoms with Crippen LogP contribution in [0.4, 0.5) is 22.1 Å². The summed E-state index contributed by atoms with van der Waals surface area (Å²) >= 11 is 0. The quantitative estimate of drug-likeness (QED) is 0.572. The standard InChI is InChI=1S/C20H23N7O4S/c1-32(29,30)14-16-13-18(26-9-11-31-12-10-26)24-19(21-16)27-8-7-17(25-27)23-20(28)22-15-5-3-2-4-6-15/h2-8,13H,9-12,14H2,1H3,(H2,22,23,25,28). The molecule has 0 unspecified atom stereocenters. The van der Waals surface area contributed by atoms with Crippen molar-refractivity contribution in [2.24, 2.45) is 0 Å². The van der Waals surface area contributed by atoms with E-state index in [1.807, 2.05) is 23.1 Å². The fourth-order valence-corrected chi connectivity index (χ4v) is 3.86. The van der Waals surface area contributed by atoms with Crippen LogP contribution in [0.1, 0.15) is 5.69 Å². The fraction of sp³-hybridized carbons (Fsp3) is 0.300. The van der Waals surface area contributed by atoms with Crippen molar-refractivity contribution in [3.05, 3.63) is 54.4 Å². The molecule has 2 aromatic heterocycles. The van der Waals surface area contributed by atoms with E-state index in [9.17, 15) is 13.2 Å². The van der Waals surface area contributed by atoms with Crippen LogP contribution >= 0.6 is 0 Å². The molecule has 1 fully saturated rings. The summed E-state index contributed by atoms with van der Waals surface area (Å²) in [6.45, 7) is 2.40. The summed E-state index contributed by atoms with van der Waals surface area (Å²) in [6.07, 6.45) is 2.76. The van der Waals surface area contributed by atoms with E-state index in [0.717, 1.165) is 6.26 Å². The number of hydrogen-bond donors (Lipinski definition) is 2. The van der Waals surface area contributed by atoms with E-state index in [0.29, 0.717) is 49.3 Å². The summed E-state index contributed by atoms with van der Waals surface area (Å²) in [5.74, 6) is 0.891. The molecule has 3 heterocycles. The minimum Gasteiger partial charge on any atom is -0.378 e. The third-order valence-electron chi connectivity index (χ3n) is 4.57. The van der Waals surface area contributed by atoms with Crippen molar-refractivity contribution in [1.29, 1.82) is 0 Å². The van der Waals surface area contributed by atoms with Crippen LogP contribution in [0.5, 0.6) is 0 Å². The van der Waals surface area contributed by atoms with Gasteiger partial charge in [-0.1, -0.05) is 18.2 Å². The van der Waals surface area contributed by atoms with Crippen molar-refractivity contribution in [2.75, 3.05) is 48.1 Å². The molecule has 11 nitrogen and oxygen atoms in total. The summed E-state index contributed by atoms with van der Waals surface area (Å²) < 4.78 is 30.5. The number of urea groups is 1. The van der Waals surface area contributed by atoms with Crippen LogP contribution in [0.2, 0.25) is 0 Å². The van der Waals surface area contributed by atoms with Gasteiger partial charge in [-0.15, -0.1) is 5.10 Å². The Morgan fingerprint density at radius 3 is 2.56 bits per heavy atom. The van der Waals surface area contributed by atoms with Gasteiger partial charge in [0.05, 0.1) is 24.7 Å². The van der Waals surface area contributed by atoms with Crippen LogP contribution in [-0.2, 0) is 20.3 Å². The monoisotopic (exact) mass is 457 g/mol. The maximum Gasteiger partial charge on any atom is 0.324 e. The van der Waals surface area contributed by atoms with Crippen LogP contribution in [0.25, 0.3) is 5.95 Å². The molecular weight excluding hydrogens is 434 g/mol. The minimum atomic E-state index is -3.29. The van der Waals surface area contributed by atoms with Gasteiger partial charge in [-0.05, 0) is 12.1 Å². The maximum absolute atomic E-state index is 12.2. The molecule has 0 bridgehead atoms. The molecule has 1 aromatic carbocycles. The Bertz CT molecular complexity index is 1190. The highest BCUT2D eigenvalue weighted by atomic mass is 32.2. The second kappa shape index (κ2) is 9.32. The van der Waals surface area contributed by atoms with E-state index < -0.39 is 15.9 Å². The summed E-state index contributed by atoms with van der Waals surface area (Å²) in [5.41, 5.74) is 1.02. The summed E-state index contributed by atoms with van der Waals surface area (Å²) in [4.78, 5) is 23.1. The highest BCUT2D eigenvalue weighted by Gasteiger charge is 2.18. The van der Waals surface area contributed by atoms with Crippen LogP contribution in [-0.4, -0.2) is 66.8 Å². The van der Waals surface area contributed by atoms with Gasteiger partial charge in [-0.3, -0.25) is 5.32 Å². The molecule has 1 saturated heterocycles. The van der Waals surface area contributed by atoms with E-state index in [-0.39, 0.29) is 11.7 Å². The summed E-state index contributed by atoms with van der Waals surface area (Å²) in [5, 5.41) is 9.67. The topological polar surface area (TPSA) is 131 Å². The van der Waals surface area contributed by atoms with Crippen LogP contribution in [0, 0.1) is 0 Å². The third kappa shape index (κ3) is 5.80. The molecule has 2 amide bonds. The van der Waals surface area contributed by atoms with Gasteiger partial charge >= 0.3 is 6.03 Å². The van der Waals surface area contributed by atoms with Crippen LogP contribution in [0.15, 0.2) is 48.7 Å². The average molecular weight is 458 g/mol. The number of ether oxygens (including phenoxy) is 1. The Kier molecular flexibility index (Phi) is 6.32.